The number of benzene rings is 1. The van der Waals surface area contributed by atoms with Crippen molar-refractivity contribution in [3.63, 3.8) is 0 Å². The van der Waals surface area contributed by atoms with E-state index in [1.54, 1.807) is 18.3 Å². The summed E-state index contributed by atoms with van der Waals surface area (Å²) in [6.07, 6.45) is 1.46. The standard InChI is InChI=1S/C19H21N3O4/c1-26-16-15(8-5-11-20-16)21-17(23)19(14-6-3-2-4-7-14)9-12-22(13-10-19)18(24)25/h2-8,11H,9-10,12-13H2,1H3,(H,21,23)(H,24,25). The summed E-state index contributed by atoms with van der Waals surface area (Å²) in [4.78, 5) is 30.0. The maximum Gasteiger partial charge on any atom is 0.407 e. The zero-order valence-corrected chi connectivity index (χ0v) is 14.5. The Kier molecular flexibility index (Phi) is 5.06. The predicted octanol–water partition coefficient (Wildman–Crippen LogP) is 2.74. The lowest BCUT2D eigenvalue weighted by atomic mass is 9.72. The summed E-state index contributed by atoms with van der Waals surface area (Å²) in [5.41, 5.74) is 0.579. The summed E-state index contributed by atoms with van der Waals surface area (Å²) in [6.45, 7) is 0.615. The van der Waals surface area contributed by atoms with E-state index in [0.29, 0.717) is 37.5 Å². The number of rotatable bonds is 4. The van der Waals surface area contributed by atoms with Gasteiger partial charge in [-0.1, -0.05) is 30.3 Å². The molecular weight excluding hydrogens is 334 g/mol. The average Bonchev–Trinajstić information content (AvgIpc) is 2.69. The van der Waals surface area contributed by atoms with Crippen molar-refractivity contribution in [3.8, 4) is 5.88 Å². The van der Waals surface area contributed by atoms with E-state index in [-0.39, 0.29) is 5.91 Å². The number of nitrogens with one attached hydrogen (secondary N) is 1. The average molecular weight is 355 g/mol. The fourth-order valence-corrected chi connectivity index (χ4v) is 3.37. The SMILES string of the molecule is COc1ncccc1NC(=O)C1(c2ccccc2)CCN(C(=O)O)CC1. The van der Waals surface area contributed by atoms with Gasteiger partial charge in [-0.3, -0.25) is 4.79 Å². The molecule has 2 aromatic rings. The Morgan fingerprint density at radius 3 is 2.46 bits per heavy atom. The molecule has 0 unspecified atom stereocenters. The van der Waals surface area contributed by atoms with E-state index in [9.17, 15) is 14.7 Å². The van der Waals surface area contributed by atoms with Gasteiger partial charge in [0.15, 0.2) is 0 Å². The Labute approximate surface area is 151 Å². The van der Waals surface area contributed by atoms with Gasteiger partial charge in [0.05, 0.1) is 12.5 Å². The molecule has 1 saturated heterocycles. The molecule has 0 bridgehead atoms. The summed E-state index contributed by atoms with van der Waals surface area (Å²) in [5, 5.41) is 12.1. The van der Waals surface area contributed by atoms with Crippen molar-refractivity contribution in [1.82, 2.24) is 9.88 Å². The van der Waals surface area contributed by atoms with Gasteiger partial charge < -0.3 is 20.1 Å². The van der Waals surface area contributed by atoms with Gasteiger partial charge in [0.25, 0.3) is 0 Å². The van der Waals surface area contributed by atoms with Crippen molar-refractivity contribution in [2.75, 3.05) is 25.5 Å². The quantitative estimate of drug-likeness (QED) is 0.880. The number of carboxylic acid groups (broad SMARTS) is 1. The van der Waals surface area contributed by atoms with Crippen LogP contribution in [-0.2, 0) is 10.2 Å². The molecule has 7 heteroatoms. The van der Waals surface area contributed by atoms with Crippen LogP contribution in [0.5, 0.6) is 5.88 Å². The lowest BCUT2D eigenvalue weighted by Crippen LogP contribution is -2.50. The van der Waals surface area contributed by atoms with Crippen LogP contribution in [0.3, 0.4) is 0 Å². The molecule has 2 heterocycles. The predicted molar refractivity (Wildman–Crippen MR) is 96.4 cm³/mol. The van der Waals surface area contributed by atoms with Crippen LogP contribution >= 0.6 is 0 Å². The molecular formula is C19H21N3O4. The number of ether oxygens (including phenoxy) is 1. The number of likely N-dealkylation sites (tertiary alicyclic amines) is 1. The molecule has 0 spiro atoms. The number of methoxy groups -OCH3 is 1. The number of nitrogens with zero attached hydrogens (tertiary/aromatic N) is 2. The molecule has 0 aliphatic carbocycles. The van der Waals surface area contributed by atoms with Gasteiger partial charge in [-0.05, 0) is 30.5 Å². The Hall–Kier alpha value is -3.09. The number of hydrogen-bond acceptors (Lipinski definition) is 4. The number of piperidine rings is 1. The van der Waals surface area contributed by atoms with E-state index < -0.39 is 11.5 Å². The zero-order chi connectivity index (χ0) is 18.6. The molecule has 1 fully saturated rings. The summed E-state index contributed by atoms with van der Waals surface area (Å²) in [5.74, 6) is 0.159. The normalized spacial score (nSPS) is 16.0. The Balaban J connectivity index is 1.91. The van der Waals surface area contributed by atoms with Crippen LogP contribution < -0.4 is 10.1 Å². The van der Waals surface area contributed by atoms with Gasteiger partial charge in [0, 0.05) is 19.3 Å². The van der Waals surface area contributed by atoms with Gasteiger partial charge in [-0.15, -0.1) is 0 Å². The third kappa shape index (κ3) is 3.33. The smallest absolute Gasteiger partial charge is 0.407 e. The Bertz CT molecular complexity index is 786. The van der Waals surface area contributed by atoms with E-state index in [1.807, 2.05) is 30.3 Å². The van der Waals surface area contributed by atoms with Gasteiger partial charge in [0.2, 0.25) is 11.8 Å². The van der Waals surface area contributed by atoms with Gasteiger partial charge >= 0.3 is 6.09 Å². The molecule has 0 atom stereocenters. The summed E-state index contributed by atoms with van der Waals surface area (Å²) < 4.78 is 5.21. The maximum atomic E-state index is 13.3. The molecule has 7 nitrogen and oxygen atoms in total. The molecule has 0 saturated carbocycles. The fraction of sp³-hybridized carbons (Fsp3) is 0.316. The lowest BCUT2D eigenvalue weighted by Gasteiger charge is -2.40. The monoisotopic (exact) mass is 355 g/mol. The van der Waals surface area contributed by atoms with Crippen LogP contribution in [0.1, 0.15) is 18.4 Å². The van der Waals surface area contributed by atoms with E-state index in [2.05, 4.69) is 10.3 Å². The third-order valence-corrected chi connectivity index (χ3v) is 4.86. The van der Waals surface area contributed by atoms with E-state index in [4.69, 9.17) is 4.74 Å². The molecule has 2 N–H and O–H groups in total. The first kappa shape index (κ1) is 17.7. The minimum atomic E-state index is -0.957. The summed E-state index contributed by atoms with van der Waals surface area (Å²) in [7, 11) is 1.50. The number of pyridine rings is 1. The van der Waals surface area contributed by atoms with Gasteiger partial charge in [-0.2, -0.15) is 0 Å². The van der Waals surface area contributed by atoms with Crippen molar-refractivity contribution in [2.45, 2.75) is 18.3 Å². The summed E-state index contributed by atoms with van der Waals surface area (Å²) in [6, 6.07) is 12.9. The number of amides is 2. The topological polar surface area (TPSA) is 91.8 Å². The fourth-order valence-electron chi connectivity index (χ4n) is 3.37. The van der Waals surface area contributed by atoms with Crippen molar-refractivity contribution in [1.29, 1.82) is 0 Å². The minimum absolute atomic E-state index is 0.181. The van der Waals surface area contributed by atoms with E-state index in [0.717, 1.165) is 5.56 Å². The zero-order valence-electron chi connectivity index (χ0n) is 14.5. The van der Waals surface area contributed by atoms with Gasteiger partial charge in [-0.25, -0.2) is 9.78 Å². The molecule has 1 aliphatic heterocycles. The van der Waals surface area contributed by atoms with Crippen LogP contribution in [0.25, 0.3) is 0 Å². The lowest BCUT2D eigenvalue weighted by molar-refractivity contribution is -0.123. The number of carbonyl (C=O) groups is 2. The van der Waals surface area contributed by atoms with Crippen molar-refractivity contribution in [3.05, 3.63) is 54.2 Å². The van der Waals surface area contributed by atoms with Crippen molar-refractivity contribution in [2.24, 2.45) is 0 Å². The Morgan fingerprint density at radius 1 is 1.15 bits per heavy atom. The van der Waals surface area contributed by atoms with Gasteiger partial charge in [0.1, 0.15) is 5.69 Å². The highest BCUT2D eigenvalue weighted by atomic mass is 16.5. The number of carbonyl (C=O) groups excluding carboxylic acids is 1. The number of aromatic nitrogens is 1. The van der Waals surface area contributed by atoms with Crippen LogP contribution in [0.2, 0.25) is 0 Å². The highest BCUT2D eigenvalue weighted by Crippen LogP contribution is 2.37. The van der Waals surface area contributed by atoms with Crippen LogP contribution in [-0.4, -0.2) is 47.2 Å². The molecule has 1 aromatic carbocycles. The van der Waals surface area contributed by atoms with Crippen molar-refractivity contribution >= 4 is 17.7 Å². The molecule has 3 rings (SSSR count). The first-order chi connectivity index (χ1) is 12.6. The third-order valence-electron chi connectivity index (χ3n) is 4.86. The maximum absolute atomic E-state index is 13.3. The first-order valence-corrected chi connectivity index (χ1v) is 8.41. The van der Waals surface area contributed by atoms with Crippen LogP contribution in [0, 0.1) is 0 Å². The minimum Gasteiger partial charge on any atom is -0.480 e. The molecule has 2 amide bonds. The number of hydrogen-bond donors (Lipinski definition) is 2. The summed E-state index contributed by atoms with van der Waals surface area (Å²) >= 11 is 0. The second kappa shape index (κ2) is 7.43. The molecule has 26 heavy (non-hydrogen) atoms. The molecule has 1 aliphatic rings. The Morgan fingerprint density at radius 2 is 1.85 bits per heavy atom. The largest absolute Gasteiger partial charge is 0.480 e. The molecule has 1 aromatic heterocycles. The van der Waals surface area contributed by atoms with E-state index >= 15 is 0 Å². The molecule has 0 radical (unpaired) electrons. The van der Waals surface area contributed by atoms with E-state index in [1.165, 1.54) is 12.0 Å². The highest BCUT2D eigenvalue weighted by molar-refractivity contribution is 6.00. The van der Waals surface area contributed by atoms with Crippen LogP contribution in [0.15, 0.2) is 48.7 Å². The second-order valence-electron chi connectivity index (χ2n) is 6.23. The highest BCUT2D eigenvalue weighted by Gasteiger charge is 2.44. The second-order valence-corrected chi connectivity index (χ2v) is 6.23. The van der Waals surface area contributed by atoms with Crippen LogP contribution in [0.4, 0.5) is 10.5 Å². The number of anilines is 1. The van der Waals surface area contributed by atoms with Crippen molar-refractivity contribution < 1.29 is 19.4 Å². The molecule has 136 valence electrons. The first-order valence-electron chi connectivity index (χ1n) is 8.41.